The van der Waals surface area contributed by atoms with E-state index >= 15 is 0 Å². The number of hydrogen-bond acceptors (Lipinski definition) is 3. The molecular formula is C21H23N3O2. The molecule has 1 amide bonds. The van der Waals surface area contributed by atoms with Crippen LogP contribution in [0, 0.1) is 5.92 Å². The third kappa shape index (κ3) is 3.78. The predicted octanol–water partition coefficient (Wildman–Crippen LogP) is 3.63. The van der Waals surface area contributed by atoms with Gasteiger partial charge >= 0.3 is 0 Å². The van der Waals surface area contributed by atoms with Crippen molar-refractivity contribution >= 4 is 16.9 Å². The number of nitrogens with one attached hydrogen (secondary N) is 1. The molecule has 0 saturated carbocycles. The number of ether oxygens (including phenoxy) is 1. The summed E-state index contributed by atoms with van der Waals surface area (Å²) >= 11 is 0. The molecule has 5 nitrogen and oxygen atoms in total. The van der Waals surface area contributed by atoms with E-state index in [9.17, 15) is 4.79 Å². The molecule has 1 unspecified atom stereocenters. The fraction of sp³-hybridized carbons (Fsp3) is 0.333. The van der Waals surface area contributed by atoms with Crippen molar-refractivity contribution in [1.82, 2.24) is 14.9 Å². The minimum absolute atomic E-state index is 0.0919. The van der Waals surface area contributed by atoms with Crippen molar-refractivity contribution in [3.8, 4) is 0 Å². The van der Waals surface area contributed by atoms with Gasteiger partial charge in [-0.3, -0.25) is 4.79 Å². The average Bonchev–Trinajstić information content (AvgIpc) is 3.16. The molecule has 1 fully saturated rings. The second-order valence-corrected chi connectivity index (χ2v) is 6.89. The van der Waals surface area contributed by atoms with Crippen molar-refractivity contribution < 1.29 is 9.53 Å². The summed E-state index contributed by atoms with van der Waals surface area (Å²) in [6.07, 6.45) is 3.79. The van der Waals surface area contributed by atoms with Gasteiger partial charge in [-0.25, -0.2) is 4.98 Å². The van der Waals surface area contributed by atoms with Crippen LogP contribution in [0.3, 0.4) is 0 Å². The fourth-order valence-electron chi connectivity index (χ4n) is 3.55. The lowest BCUT2D eigenvalue weighted by atomic mass is 9.98. The van der Waals surface area contributed by atoms with Crippen LogP contribution in [0.25, 0.3) is 11.0 Å². The molecule has 1 atom stereocenters. The van der Waals surface area contributed by atoms with E-state index in [4.69, 9.17) is 4.74 Å². The lowest BCUT2D eigenvalue weighted by Crippen LogP contribution is -2.41. The number of rotatable bonds is 5. The summed E-state index contributed by atoms with van der Waals surface area (Å²) in [5.41, 5.74) is 3.68. The van der Waals surface area contributed by atoms with E-state index in [1.807, 2.05) is 41.3 Å². The maximum absolute atomic E-state index is 12.9. The normalized spacial score (nSPS) is 17.5. The number of H-pyrrole nitrogens is 1. The van der Waals surface area contributed by atoms with Crippen LogP contribution in [0.5, 0.6) is 0 Å². The third-order valence-corrected chi connectivity index (χ3v) is 4.94. The molecule has 3 aromatic rings. The van der Waals surface area contributed by atoms with Gasteiger partial charge in [-0.05, 0) is 42.5 Å². The molecule has 0 aliphatic carbocycles. The first-order valence-corrected chi connectivity index (χ1v) is 9.14. The van der Waals surface area contributed by atoms with Crippen molar-refractivity contribution in [1.29, 1.82) is 0 Å². The SMILES string of the molecule is O=C(c1ccc2nc[nH]c2c1)N1CCCC(COCc2ccccc2)C1. The molecule has 2 heterocycles. The topological polar surface area (TPSA) is 58.2 Å². The van der Waals surface area contributed by atoms with Crippen molar-refractivity contribution in [2.45, 2.75) is 19.4 Å². The van der Waals surface area contributed by atoms with Crippen LogP contribution < -0.4 is 0 Å². The quantitative estimate of drug-likeness (QED) is 0.765. The third-order valence-electron chi connectivity index (χ3n) is 4.94. The Bertz CT molecular complexity index is 875. The van der Waals surface area contributed by atoms with Crippen LogP contribution in [-0.4, -0.2) is 40.5 Å². The van der Waals surface area contributed by atoms with Gasteiger partial charge in [0.25, 0.3) is 5.91 Å². The minimum atomic E-state index is 0.0919. The number of fused-ring (bicyclic) bond motifs is 1. The van der Waals surface area contributed by atoms with Gasteiger partial charge in [0.1, 0.15) is 0 Å². The number of likely N-dealkylation sites (tertiary alicyclic amines) is 1. The van der Waals surface area contributed by atoms with Gasteiger partial charge in [-0.15, -0.1) is 0 Å². The van der Waals surface area contributed by atoms with Gasteiger partial charge < -0.3 is 14.6 Å². The standard InChI is InChI=1S/C21H23N3O2/c25-21(18-8-9-19-20(11-18)23-15-22-19)24-10-4-7-17(12-24)14-26-13-16-5-2-1-3-6-16/h1-3,5-6,8-9,11,15,17H,4,7,10,12-14H2,(H,22,23). The summed E-state index contributed by atoms with van der Waals surface area (Å²) in [5.74, 6) is 0.488. The van der Waals surface area contributed by atoms with E-state index in [1.165, 1.54) is 5.56 Å². The number of carbonyl (C=O) groups is 1. The second kappa shape index (κ2) is 7.70. The van der Waals surface area contributed by atoms with E-state index in [1.54, 1.807) is 6.33 Å². The number of hydrogen-bond donors (Lipinski definition) is 1. The summed E-state index contributed by atoms with van der Waals surface area (Å²) in [7, 11) is 0. The smallest absolute Gasteiger partial charge is 0.253 e. The first-order chi connectivity index (χ1) is 12.8. The highest BCUT2D eigenvalue weighted by Gasteiger charge is 2.24. The number of carbonyl (C=O) groups excluding carboxylic acids is 1. The Balaban J connectivity index is 1.34. The Kier molecular flexibility index (Phi) is 4.97. The zero-order valence-corrected chi connectivity index (χ0v) is 14.7. The highest BCUT2D eigenvalue weighted by atomic mass is 16.5. The van der Waals surface area contributed by atoms with Crippen LogP contribution >= 0.6 is 0 Å². The first kappa shape index (κ1) is 16.8. The van der Waals surface area contributed by atoms with Crippen LogP contribution in [0.4, 0.5) is 0 Å². The van der Waals surface area contributed by atoms with Crippen LogP contribution in [0.2, 0.25) is 0 Å². The number of nitrogens with zero attached hydrogens (tertiary/aromatic N) is 2. The predicted molar refractivity (Wildman–Crippen MR) is 101 cm³/mol. The van der Waals surface area contributed by atoms with Gasteiger partial charge in [0.15, 0.2) is 0 Å². The second-order valence-electron chi connectivity index (χ2n) is 6.89. The maximum Gasteiger partial charge on any atom is 0.253 e. The maximum atomic E-state index is 12.9. The van der Waals surface area contributed by atoms with Gasteiger partial charge in [-0.1, -0.05) is 30.3 Å². The molecule has 1 aliphatic rings. The Morgan fingerprint density at radius 2 is 2.12 bits per heavy atom. The van der Waals surface area contributed by atoms with Crippen LogP contribution in [0.1, 0.15) is 28.8 Å². The summed E-state index contributed by atoms with van der Waals surface area (Å²) in [4.78, 5) is 22.1. The Morgan fingerprint density at radius 1 is 1.23 bits per heavy atom. The lowest BCUT2D eigenvalue weighted by molar-refractivity contribution is 0.0426. The molecule has 2 aromatic carbocycles. The van der Waals surface area contributed by atoms with E-state index < -0.39 is 0 Å². The number of amides is 1. The van der Waals surface area contributed by atoms with Crippen molar-refractivity contribution in [3.63, 3.8) is 0 Å². The highest BCUT2D eigenvalue weighted by molar-refractivity contribution is 5.97. The van der Waals surface area contributed by atoms with Crippen molar-refractivity contribution in [2.75, 3.05) is 19.7 Å². The molecule has 0 spiro atoms. The van der Waals surface area contributed by atoms with E-state index in [2.05, 4.69) is 22.1 Å². The van der Waals surface area contributed by atoms with E-state index in [0.29, 0.717) is 24.7 Å². The molecule has 0 bridgehead atoms. The summed E-state index contributed by atoms with van der Waals surface area (Å²) in [6, 6.07) is 15.8. The summed E-state index contributed by atoms with van der Waals surface area (Å²) in [6.45, 7) is 2.89. The van der Waals surface area contributed by atoms with E-state index in [0.717, 1.165) is 37.0 Å². The fourth-order valence-corrected chi connectivity index (χ4v) is 3.55. The Morgan fingerprint density at radius 3 is 3.00 bits per heavy atom. The van der Waals surface area contributed by atoms with Crippen molar-refractivity contribution in [2.24, 2.45) is 5.92 Å². The lowest BCUT2D eigenvalue weighted by Gasteiger charge is -2.32. The van der Waals surface area contributed by atoms with Gasteiger partial charge in [0.2, 0.25) is 0 Å². The molecular weight excluding hydrogens is 326 g/mol. The highest BCUT2D eigenvalue weighted by Crippen LogP contribution is 2.21. The molecule has 0 radical (unpaired) electrons. The number of aromatic amines is 1. The number of piperidine rings is 1. The molecule has 5 heteroatoms. The van der Waals surface area contributed by atoms with Gasteiger partial charge in [0, 0.05) is 18.7 Å². The van der Waals surface area contributed by atoms with Crippen LogP contribution in [0.15, 0.2) is 54.9 Å². The Hall–Kier alpha value is -2.66. The van der Waals surface area contributed by atoms with Crippen LogP contribution in [-0.2, 0) is 11.3 Å². The largest absolute Gasteiger partial charge is 0.376 e. The molecule has 1 aromatic heterocycles. The molecule has 1 saturated heterocycles. The number of imidazole rings is 1. The van der Waals surface area contributed by atoms with Gasteiger partial charge in [0.05, 0.1) is 30.6 Å². The first-order valence-electron chi connectivity index (χ1n) is 9.14. The monoisotopic (exact) mass is 349 g/mol. The minimum Gasteiger partial charge on any atom is -0.376 e. The number of aromatic nitrogens is 2. The summed E-state index contributed by atoms with van der Waals surface area (Å²) in [5, 5.41) is 0. The molecule has 134 valence electrons. The molecule has 1 N–H and O–H groups in total. The van der Waals surface area contributed by atoms with Gasteiger partial charge in [-0.2, -0.15) is 0 Å². The molecule has 1 aliphatic heterocycles. The zero-order valence-electron chi connectivity index (χ0n) is 14.7. The molecule has 4 rings (SSSR count). The zero-order chi connectivity index (χ0) is 17.8. The van der Waals surface area contributed by atoms with Crippen molar-refractivity contribution in [3.05, 3.63) is 66.0 Å². The average molecular weight is 349 g/mol. The van der Waals surface area contributed by atoms with E-state index in [-0.39, 0.29) is 5.91 Å². The Labute approximate surface area is 153 Å². The summed E-state index contributed by atoms with van der Waals surface area (Å²) < 4.78 is 5.89. The molecule has 26 heavy (non-hydrogen) atoms. The number of benzene rings is 2.